The fraction of sp³-hybridized carbons (Fsp3) is 0.923. The van der Waals surface area contributed by atoms with Gasteiger partial charge in [0.2, 0.25) is 0 Å². The van der Waals surface area contributed by atoms with Crippen LogP contribution in [0.2, 0.25) is 0 Å². The van der Waals surface area contributed by atoms with E-state index in [2.05, 4.69) is 48.2 Å². The largest absolute Gasteiger partial charge is 0.357 e. The van der Waals surface area contributed by atoms with Crippen LogP contribution >= 0.6 is 24.0 Å². The Labute approximate surface area is 129 Å². The molecular formula is C13H29IN4. The lowest BCUT2D eigenvalue weighted by atomic mass is 10.3. The van der Waals surface area contributed by atoms with Crippen LogP contribution in [0.5, 0.6) is 0 Å². The van der Waals surface area contributed by atoms with Gasteiger partial charge in [-0.15, -0.1) is 24.0 Å². The SMILES string of the molecule is CCNC(=NCCN(C(C)C)C1CC1)NCC.I. The number of halogens is 1. The number of nitrogens with zero attached hydrogens (tertiary/aromatic N) is 2. The van der Waals surface area contributed by atoms with Gasteiger partial charge in [-0.3, -0.25) is 9.89 Å². The van der Waals surface area contributed by atoms with E-state index in [0.29, 0.717) is 6.04 Å². The van der Waals surface area contributed by atoms with Crippen molar-refractivity contribution in [3.8, 4) is 0 Å². The molecule has 0 aromatic rings. The third kappa shape index (κ3) is 6.78. The lowest BCUT2D eigenvalue weighted by Gasteiger charge is -2.25. The number of nitrogens with one attached hydrogen (secondary N) is 2. The van der Waals surface area contributed by atoms with Gasteiger partial charge < -0.3 is 10.6 Å². The minimum absolute atomic E-state index is 0. The van der Waals surface area contributed by atoms with Gasteiger partial charge in [0.05, 0.1) is 6.54 Å². The molecule has 1 rings (SSSR count). The molecule has 18 heavy (non-hydrogen) atoms. The Morgan fingerprint density at radius 3 is 2.17 bits per heavy atom. The maximum Gasteiger partial charge on any atom is 0.191 e. The van der Waals surface area contributed by atoms with Gasteiger partial charge in [0, 0.05) is 31.7 Å². The van der Waals surface area contributed by atoms with E-state index in [1.54, 1.807) is 0 Å². The second-order valence-corrected chi connectivity index (χ2v) is 4.85. The molecule has 1 aliphatic rings. The summed E-state index contributed by atoms with van der Waals surface area (Å²) >= 11 is 0. The van der Waals surface area contributed by atoms with E-state index in [4.69, 9.17) is 0 Å². The highest BCUT2D eigenvalue weighted by atomic mass is 127. The molecule has 1 fully saturated rings. The predicted molar refractivity (Wildman–Crippen MR) is 89.9 cm³/mol. The van der Waals surface area contributed by atoms with Gasteiger partial charge in [-0.25, -0.2) is 0 Å². The summed E-state index contributed by atoms with van der Waals surface area (Å²) in [7, 11) is 0. The van der Waals surface area contributed by atoms with Gasteiger partial charge in [-0.2, -0.15) is 0 Å². The van der Waals surface area contributed by atoms with Crippen molar-refractivity contribution in [3.63, 3.8) is 0 Å². The zero-order chi connectivity index (χ0) is 12.7. The van der Waals surface area contributed by atoms with E-state index in [0.717, 1.165) is 38.2 Å². The van der Waals surface area contributed by atoms with Crippen LogP contribution < -0.4 is 10.6 Å². The van der Waals surface area contributed by atoms with Crippen molar-refractivity contribution in [3.05, 3.63) is 0 Å². The first-order chi connectivity index (χ1) is 8.19. The summed E-state index contributed by atoms with van der Waals surface area (Å²) in [4.78, 5) is 7.16. The number of guanidine groups is 1. The van der Waals surface area contributed by atoms with E-state index < -0.39 is 0 Å². The first-order valence-electron chi connectivity index (χ1n) is 6.96. The number of hydrogen-bond donors (Lipinski definition) is 2. The summed E-state index contributed by atoms with van der Waals surface area (Å²) in [6.45, 7) is 12.5. The first-order valence-corrected chi connectivity index (χ1v) is 6.96. The normalized spacial score (nSPS) is 14.3. The van der Waals surface area contributed by atoms with Crippen molar-refractivity contribution in [2.24, 2.45) is 4.99 Å². The third-order valence-electron chi connectivity index (χ3n) is 3.00. The topological polar surface area (TPSA) is 39.7 Å². The Kier molecular flexibility index (Phi) is 9.81. The Hall–Kier alpha value is -0.0400. The van der Waals surface area contributed by atoms with Crippen molar-refractivity contribution in [2.75, 3.05) is 26.2 Å². The van der Waals surface area contributed by atoms with Crippen LogP contribution in [0.4, 0.5) is 0 Å². The van der Waals surface area contributed by atoms with Crippen molar-refractivity contribution < 1.29 is 0 Å². The number of rotatable bonds is 7. The smallest absolute Gasteiger partial charge is 0.191 e. The Morgan fingerprint density at radius 1 is 1.22 bits per heavy atom. The van der Waals surface area contributed by atoms with Crippen LogP contribution in [0.3, 0.4) is 0 Å². The number of aliphatic imine (C=N–C) groups is 1. The molecule has 5 heteroatoms. The Balaban J connectivity index is 0.00000289. The molecular weight excluding hydrogens is 339 g/mol. The molecule has 4 nitrogen and oxygen atoms in total. The molecule has 0 amide bonds. The standard InChI is InChI=1S/C13H28N4.HI/c1-5-14-13(15-6-2)16-9-10-17(11(3)4)12-7-8-12;/h11-12H,5-10H2,1-4H3,(H2,14,15,16);1H. The van der Waals surface area contributed by atoms with Crippen LogP contribution in [-0.4, -0.2) is 49.1 Å². The van der Waals surface area contributed by atoms with Crippen LogP contribution in [0.15, 0.2) is 4.99 Å². The van der Waals surface area contributed by atoms with Crippen molar-refractivity contribution in [1.29, 1.82) is 0 Å². The zero-order valence-electron chi connectivity index (χ0n) is 12.2. The summed E-state index contributed by atoms with van der Waals surface area (Å²) in [6, 6.07) is 1.46. The lowest BCUT2D eigenvalue weighted by Crippen LogP contribution is -2.39. The molecule has 0 saturated heterocycles. The number of hydrogen-bond acceptors (Lipinski definition) is 2. The molecule has 0 atom stereocenters. The summed E-state index contributed by atoms with van der Waals surface area (Å²) in [5, 5.41) is 6.50. The minimum atomic E-state index is 0. The van der Waals surface area contributed by atoms with E-state index in [1.165, 1.54) is 12.8 Å². The molecule has 2 N–H and O–H groups in total. The van der Waals surface area contributed by atoms with Crippen molar-refractivity contribution in [2.45, 2.75) is 52.6 Å². The Morgan fingerprint density at radius 2 is 1.78 bits per heavy atom. The lowest BCUT2D eigenvalue weighted by molar-refractivity contribution is 0.218. The van der Waals surface area contributed by atoms with Crippen LogP contribution in [-0.2, 0) is 0 Å². The molecule has 0 aromatic heterocycles. The highest BCUT2D eigenvalue weighted by Crippen LogP contribution is 2.28. The fourth-order valence-electron chi connectivity index (χ4n) is 2.06. The van der Waals surface area contributed by atoms with Gasteiger partial charge in [0.15, 0.2) is 5.96 Å². The predicted octanol–water partition coefficient (Wildman–Crippen LogP) is 2.05. The summed E-state index contributed by atoms with van der Waals surface area (Å²) in [5.74, 6) is 0.939. The van der Waals surface area contributed by atoms with E-state index in [-0.39, 0.29) is 24.0 Å². The molecule has 0 aromatic carbocycles. The van der Waals surface area contributed by atoms with Gasteiger partial charge >= 0.3 is 0 Å². The molecule has 0 bridgehead atoms. The Bertz CT molecular complexity index is 229. The molecule has 0 unspecified atom stereocenters. The van der Waals surface area contributed by atoms with Crippen LogP contribution in [0.1, 0.15) is 40.5 Å². The van der Waals surface area contributed by atoms with Gasteiger partial charge in [-0.05, 0) is 40.5 Å². The fourth-order valence-corrected chi connectivity index (χ4v) is 2.06. The van der Waals surface area contributed by atoms with Crippen LogP contribution in [0.25, 0.3) is 0 Å². The summed E-state index contributed by atoms with van der Waals surface area (Å²) in [5.41, 5.74) is 0. The molecule has 108 valence electrons. The van der Waals surface area contributed by atoms with E-state index >= 15 is 0 Å². The van der Waals surface area contributed by atoms with E-state index in [9.17, 15) is 0 Å². The average molecular weight is 368 g/mol. The summed E-state index contributed by atoms with van der Waals surface area (Å²) in [6.07, 6.45) is 2.74. The first kappa shape index (κ1) is 18.0. The second kappa shape index (κ2) is 9.83. The quantitative estimate of drug-likeness (QED) is 0.411. The molecule has 0 radical (unpaired) electrons. The summed E-state index contributed by atoms with van der Waals surface area (Å²) < 4.78 is 0. The van der Waals surface area contributed by atoms with Gasteiger partial charge in [-0.1, -0.05) is 0 Å². The molecule has 1 aliphatic carbocycles. The molecule has 1 saturated carbocycles. The average Bonchev–Trinajstić information content (AvgIpc) is 3.08. The van der Waals surface area contributed by atoms with E-state index in [1.807, 2.05) is 0 Å². The maximum atomic E-state index is 4.59. The molecule has 0 aliphatic heterocycles. The molecule has 0 spiro atoms. The monoisotopic (exact) mass is 368 g/mol. The molecule has 0 heterocycles. The highest BCUT2D eigenvalue weighted by Gasteiger charge is 2.29. The maximum absolute atomic E-state index is 4.59. The zero-order valence-corrected chi connectivity index (χ0v) is 14.5. The van der Waals surface area contributed by atoms with Crippen LogP contribution in [0, 0.1) is 0 Å². The van der Waals surface area contributed by atoms with Crippen molar-refractivity contribution >= 4 is 29.9 Å². The van der Waals surface area contributed by atoms with Crippen molar-refractivity contribution in [1.82, 2.24) is 15.5 Å². The third-order valence-corrected chi connectivity index (χ3v) is 3.00. The van der Waals surface area contributed by atoms with Gasteiger partial charge in [0.25, 0.3) is 0 Å². The minimum Gasteiger partial charge on any atom is -0.357 e. The highest BCUT2D eigenvalue weighted by molar-refractivity contribution is 14.0. The van der Waals surface area contributed by atoms with Gasteiger partial charge in [0.1, 0.15) is 0 Å². The second-order valence-electron chi connectivity index (χ2n) is 4.85.